The molecule has 0 aromatic carbocycles. The monoisotopic (exact) mass is 300 g/mol. The Bertz CT molecular complexity index is 241. The summed E-state index contributed by atoms with van der Waals surface area (Å²) < 4.78 is 17.4. The van der Waals surface area contributed by atoms with Crippen molar-refractivity contribution in [2.24, 2.45) is 11.3 Å². The highest BCUT2D eigenvalue weighted by molar-refractivity contribution is 4.84. The molecule has 0 aromatic heterocycles. The van der Waals surface area contributed by atoms with Gasteiger partial charge < -0.3 is 14.2 Å². The van der Waals surface area contributed by atoms with E-state index in [1.54, 1.807) is 14.2 Å². The van der Waals surface area contributed by atoms with Gasteiger partial charge in [-0.05, 0) is 18.8 Å². The second kappa shape index (κ2) is 10.6. The summed E-state index contributed by atoms with van der Waals surface area (Å²) >= 11 is 0. The molecule has 0 N–H and O–H groups in total. The fraction of sp³-hybridized carbons (Fsp3) is 1.00. The normalized spacial score (nSPS) is 20.0. The topological polar surface area (TPSA) is 27.7 Å². The van der Waals surface area contributed by atoms with Crippen LogP contribution in [0.5, 0.6) is 0 Å². The van der Waals surface area contributed by atoms with Crippen molar-refractivity contribution in [2.75, 3.05) is 34.0 Å². The van der Waals surface area contributed by atoms with E-state index in [1.165, 1.54) is 44.9 Å². The SMILES string of the molecule is CCC(C)C(COC)(COC)COC1CCCCCCC1. The van der Waals surface area contributed by atoms with Gasteiger partial charge in [-0.1, -0.05) is 52.4 Å². The Morgan fingerprint density at radius 2 is 1.43 bits per heavy atom. The minimum atomic E-state index is -0.0133. The highest BCUT2D eigenvalue weighted by Crippen LogP contribution is 2.33. The third kappa shape index (κ3) is 6.25. The van der Waals surface area contributed by atoms with Crippen LogP contribution in [0.15, 0.2) is 0 Å². The van der Waals surface area contributed by atoms with Crippen LogP contribution in [-0.2, 0) is 14.2 Å². The van der Waals surface area contributed by atoms with Gasteiger partial charge in [0.2, 0.25) is 0 Å². The highest BCUT2D eigenvalue weighted by atomic mass is 16.5. The lowest BCUT2D eigenvalue weighted by Gasteiger charge is -2.38. The Morgan fingerprint density at radius 3 is 1.90 bits per heavy atom. The summed E-state index contributed by atoms with van der Waals surface area (Å²) in [5.41, 5.74) is -0.0133. The van der Waals surface area contributed by atoms with E-state index in [1.807, 2.05) is 0 Å². The standard InChI is InChI=1S/C18H36O3/c1-5-16(2)18(13-19-3,14-20-4)15-21-17-11-9-7-6-8-10-12-17/h16-17H,5-15H2,1-4H3. The predicted octanol–water partition coefficient (Wildman–Crippen LogP) is 4.44. The quantitative estimate of drug-likeness (QED) is 0.630. The molecule has 3 nitrogen and oxygen atoms in total. The van der Waals surface area contributed by atoms with Crippen LogP contribution in [0.4, 0.5) is 0 Å². The second-order valence-electron chi connectivity index (χ2n) is 6.82. The largest absolute Gasteiger partial charge is 0.384 e. The van der Waals surface area contributed by atoms with Gasteiger partial charge in [-0.25, -0.2) is 0 Å². The Morgan fingerprint density at radius 1 is 0.905 bits per heavy atom. The van der Waals surface area contributed by atoms with Crippen LogP contribution in [0.2, 0.25) is 0 Å². The molecular weight excluding hydrogens is 264 g/mol. The summed E-state index contributed by atoms with van der Waals surface area (Å²) in [7, 11) is 3.56. The van der Waals surface area contributed by atoms with Crippen LogP contribution < -0.4 is 0 Å². The van der Waals surface area contributed by atoms with Crippen molar-refractivity contribution in [1.29, 1.82) is 0 Å². The summed E-state index contributed by atoms with van der Waals surface area (Å²) in [6, 6.07) is 0. The Labute approximate surface area is 131 Å². The molecule has 0 amide bonds. The van der Waals surface area contributed by atoms with Crippen LogP contribution in [0, 0.1) is 11.3 Å². The lowest BCUT2D eigenvalue weighted by molar-refractivity contribution is -0.102. The van der Waals surface area contributed by atoms with Gasteiger partial charge in [0.25, 0.3) is 0 Å². The molecule has 0 aliphatic heterocycles. The molecule has 1 aliphatic carbocycles. The third-order valence-corrected chi connectivity index (χ3v) is 5.18. The zero-order valence-electron chi connectivity index (χ0n) is 14.7. The lowest BCUT2D eigenvalue weighted by atomic mass is 9.76. The van der Waals surface area contributed by atoms with Gasteiger partial charge >= 0.3 is 0 Å². The molecule has 3 heteroatoms. The van der Waals surface area contributed by atoms with Crippen LogP contribution >= 0.6 is 0 Å². The van der Waals surface area contributed by atoms with Crippen molar-refractivity contribution in [3.8, 4) is 0 Å². The Balaban J connectivity index is 2.60. The van der Waals surface area contributed by atoms with Gasteiger partial charge in [0.1, 0.15) is 0 Å². The van der Waals surface area contributed by atoms with Crippen LogP contribution in [0.3, 0.4) is 0 Å². The zero-order valence-corrected chi connectivity index (χ0v) is 14.7. The molecule has 0 bridgehead atoms. The van der Waals surface area contributed by atoms with Crippen LogP contribution in [0.25, 0.3) is 0 Å². The van der Waals surface area contributed by atoms with E-state index < -0.39 is 0 Å². The van der Waals surface area contributed by atoms with Crippen molar-refractivity contribution >= 4 is 0 Å². The van der Waals surface area contributed by atoms with E-state index in [9.17, 15) is 0 Å². The maximum atomic E-state index is 6.35. The van der Waals surface area contributed by atoms with E-state index in [0.29, 0.717) is 25.2 Å². The fourth-order valence-electron chi connectivity index (χ4n) is 3.43. The maximum absolute atomic E-state index is 6.35. The van der Waals surface area contributed by atoms with Gasteiger partial charge in [-0.2, -0.15) is 0 Å². The molecule has 1 atom stereocenters. The molecular formula is C18H36O3. The summed E-state index contributed by atoms with van der Waals surface area (Å²) in [6.07, 6.45) is 10.8. The first-order valence-electron chi connectivity index (χ1n) is 8.78. The van der Waals surface area contributed by atoms with E-state index >= 15 is 0 Å². The average molecular weight is 300 g/mol. The van der Waals surface area contributed by atoms with E-state index in [2.05, 4.69) is 13.8 Å². The third-order valence-electron chi connectivity index (χ3n) is 5.18. The summed E-state index contributed by atoms with van der Waals surface area (Å²) in [6.45, 7) is 6.71. The first-order chi connectivity index (χ1) is 10.2. The van der Waals surface area contributed by atoms with Crippen molar-refractivity contribution in [2.45, 2.75) is 71.3 Å². The molecule has 1 rings (SSSR count). The zero-order chi connectivity index (χ0) is 15.6. The molecule has 1 fully saturated rings. The number of rotatable bonds is 9. The van der Waals surface area contributed by atoms with Crippen molar-refractivity contribution in [3.05, 3.63) is 0 Å². The summed E-state index contributed by atoms with van der Waals surface area (Å²) in [5.74, 6) is 0.533. The molecule has 126 valence electrons. The van der Waals surface area contributed by atoms with Crippen molar-refractivity contribution < 1.29 is 14.2 Å². The van der Waals surface area contributed by atoms with Gasteiger partial charge in [0.05, 0.1) is 25.9 Å². The van der Waals surface area contributed by atoms with E-state index in [0.717, 1.165) is 13.0 Å². The van der Waals surface area contributed by atoms with Crippen molar-refractivity contribution in [1.82, 2.24) is 0 Å². The van der Waals surface area contributed by atoms with Gasteiger partial charge in [0.15, 0.2) is 0 Å². The minimum Gasteiger partial charge on any atom is -0.384 e. The van der Waals surface area contributed by atoms with Gasteiger partial charge in [-0.3, -0.25) is 0 Å². The van der Waals surface area contributed by atoms with E-state index in [-0.39, 0.29) is 5.41 Å². The number of ether oxygens (including phenoxy) is 3. The molecule has 1 saturated carbocycles. The number of hydrogen-bond donors (Lipinski definition) is 0. The Hall–Kier alpha value is -0.120. The minimum absolute atomic E-state index is 0.0133. The molecule has 0 heterocycles. The number of methoxy groups -OCH3 is 2. The predicted molar refractivity (Wildman–Crippen MR) is 87.7 cm³/mol. The number of hydrogen-bond acceptors (Lipinski definition) is 3. The molecule has 0 saturated heterocycles. The first-order valence-corrected chi connectivity index (χ1v) is 8.78. The molecule has 1 aliphatic rings. The lowest BCUT2D eigenvalue weighted by Crippen LogP contribution is -2.43. The van der Waals surface area contributed by atoms with Crippen molar-refractivity contribution in [3.63, 3.8) is 0 Å². The summed E-state index contributed by atoms with van der Waals surface area (Å²) in [4.78, 5) is 0. The molecule has 21 heavy (non-hydrogen) atoms. The second-order valence-corrected chi connectivity index (χ2v) is 6.82. The van der Waals surface area contributed by atoms with E-state index in [4.69, 9.17) is 14.2 Å². The average Bonchev–Trinajstić information content (AvgIpc) is 2.45. The molecule has 0 spiro atoms. The molecule has 0 radical (unpaired) electrons. The first kappa shape index (κ1) is 18.9. The summed E-state index contributed by atoms with van der Waals surface area (Å²) in [5, 5.41) is 0. The van der Waals surface area contributed by atoms with Gasteiger partial charge in [0, 0.05) is 19.6 Å². The fourth-order valence-corrected chi connectivity index (χ4v) is 3.43. The molecule has 1 unspecified atom stereocenters. The van der Waals surface area contributed by atoms with Crippen LogP contribution in [-0.4, -0.2) is 40.1 Å². The molecule has 0 aromatic rings. The van der Waals surface area contributed by atoms with Crippen LogP contribution in [0.1, 0.15) is 65.2 Å². The van der Waals surface area contributed by atoms with Gasteiger partial charge in [-0.15, -0.1) is 0 Å². The highest BCUT2D eigenvalue weighted by Gasteiger charge is 2.37. The Kier molecular flexibility index (Phi) is 9.54. The smallest absolute Gasteiger partial charge is 0.0575 e. The maximum Gasteiger partial charge on any atom is 0.0575 e.